The fourth-order valence-corrected chi connectivity index (χ4v) is 5.16. The summed E-state index contributed by atoms with van der Waals surface area (Å²) >= 11 is 0. The first-order valence-corrected chi connectivity index (χ1v) is 11.4. The van der Waals surface area contributed by atoms with E-state index in [1.165, 1.54) is 12.0 Å². The molecule has 0 radical (unpaired) electrons. The van der Waals surface area contributed by atoms with Gasteiger partial charge in [-0.25, -0.2) is 0 Å². The van der Waals surface area contributed by atoms with E-state index >= 15 is 0 Å². The Morgan fingerprint density at radius 3 is 2.63 bits per heavy atom. The van der Waals surface area contributed by atoms with E-state index in [-0.39, 0.29) is 17.4 Å². The molecule has 3 aliphatic heterocycles. The topological polar surface area (TPSA) is 53.1 Å². The third-order valence-electron chi connectivity index (χ3n) is 7.08. The Hall–Kier alpha value is -2.08. The lowest BCUT2D eigenvalue weighted by molar-refractivity contribution is -0.137. The van der Waals surface area contributed by atoms with Gasteiger partial charge in [0.25, 0.3) is 0 Å². The maximum atomic E-state index is 12.8. The first kappa shape index (κ1) is 21.2. The molecule has 4 rings (SSSR count). The number of hydrogen-bond donors (Lipinski definition) is 0. The highest BCUT2D eigenvalue weighted by atomic mass is 16.5. The van der Waals surface area contributed by atoms with Crippen LogP contribution in [0.1, 0.15) is 57.1 Å². The highest BCUT2D eigenvalue weighted by Gasteiger charge is 2.42. The minimum Gasteiger partial charge on any atom is -0.485 e. The van der Waals surface area contributed by atoms with Gasteiger partial charge in [-0.1, -0.05) is 17.7 Å². The maximum Gasteiger partial charge on any atom is 0.236 e. The van der Waals surface area contributed by atoms with E-state index in [0.29, 0.717) is 25.7 Å². The van der Waals surface area contributed by atoms with Crippen molar-refractivity contribution >= 4 is 11.8 Å². The van der Waals surface area contributed by atoms with Crippen molar-refractivity contribution in [3.63, 3.8) is 0 Å². The van der Waals surface area contributed by atoms with Gasteiger partial charge >= 0.3 is 0 Å². The van der Waals surface area contributed by atoms with Crippen LogP contribution in [0.25, 0.3) is 0 Å². The zero-order chi connectivity index (χ0) is 21.3. The van der Waals surface area contributed by atoms with Crippen molar-refractivity contribution in [1.82, 2.24) is 14.7 Å². The third-order valence-corrected chi connectivity index (χ3v) is 7.08. The number of carbonyl (C=O) groups is 2. The molecule has 1 aromatic carbocycles. The molecule has 164 valence electrons. The summed E-state index contributed by atoms with van der Waals surface area (Å²) in [5.41, 5.74) is 1.89. The molecule has 1 unspecified atom stereocenters. The fourth-order valence-electron chi connectivity index (χ4n) is 5.16. The molecule has 3 aliphatic rings. The van der Waals surface area contributed by atoms with Gasteiger partial charge in [-0.2, -0.15) is 0 Å². The number of fused-ring (bicyclic) bond motifs is 1. The molecule has 6 nitrogen and oxygen atoms in total. The van der Waals surface area contributed by atoms with Crippen LogP contribution in [0.5, 0.6) is 5.75 Å². The van der Waals surface area contributed by atoms with Gasteiger partial charge in [-0.05, 0) is 39.2 Å². The van der Waals surface area contributed by atoms with E-state index in [2.05, 4.69) is 35.8 Å². The van der Waals surface area contributed by atoms with E-state index < -0.39 is 0 Å². The quantitative estimate of drug-likeness (QED) is 0.748. The highest BCUT2D eigenvalue weighted by Crippen LogP contribution is 2.36. The van der Waals surface area contributed by atoms with Crippen molar-refractivity contribution < 1.29 is 14.3 Å². The lowest BCUT2D eigenvalue weighted by Crippen LogP contribution is -2.55. The molecule has 6 heteroatoms. The van der Waals surface area contributed by atoms with Crippen LogP contribution in [-0.2, 0) is 16.1 Å². The van der Waals surface area contributed by atoms with E-state index in [1.54, 1.807) is 6.92 Å². The van der Waals surface area contributed by atoms with Crippen molar-refractivity contribution in [3.8, 4) is 5.75 Å². The predicted molar refractivity (Wildman–Crippen MR) is 116 cm³/mol. The van der Waals surface area contributed by atoms with Gasteiger partial charge in [0.05, 0.1) is 13.1 Å². The number of aryl methyl sites for hydroxylation is 1. The molecule has 1 aromatic rings. The number of amides is 2. The third kappa shape index (κ3) is 4.48. The Kier molecular flexibility index (Phi) is 6.05. The number of nitrogens with zero attached hydrogens (tertiary/aromatic N) is 3. The lowest BCUT2D eigenvalue weighted by atomic mass is 9.90. The zero-order valence-electron chi connectivity index (χ0n) is 18.7. The number of benzene rings is 1. The Morgan fingerprint density at radius 2 is 1.93 bits per heavy atom. The van der Waals surface area contributed by atoms with Gasteiger partial charge in [0, 0.05) is 57.5 Å². The minimum atomic E-state index is -0.371. The number of piperidine rings is 2. The van der Waals surface area contributed by atoms with Crippen molar-refractivity contribution in [1.29, 1.82) is 0 Å². The second-order valence-electron chi connectivity index (χ2n) is 9.48. The number of hydrogen-bond acceptors (Lipinski definition) is 4. The van der Waals surface area contributed by atoms with E-state index in [9.17, 15) is 9.59 Å². The van der Waals surface area contributed by atoms with Crippen molar-refractivity contribution in [2.45, 2.75) is 71.1 Å². The van der Waals surface area contributed by atoms with Crippen molar-refractivity contribution in [2.24, 2.45) is 0 Å². The number of carbonyl (C=O) groups excluding carboxylic acids is 2. The summed E-state index contributed by atoms with van der Waals surface area (Å²) in [7, 11) is 0. The van der Waals surface area contributed by atoms with Crippen molar-refractivity contribution in [2.75, 3.05) is 32.7 Å². The zero-order valence-corrected chi connectivity index (χ0v) is 18.7. The van der Waals surface area contributed by atoms with Crippen molar-refractivity contribution in [3.05, 3.63) is 29.3 Å². The molecule has 1 spiro atoms. The molecular weight excluding hydrogens is 378 g/mol. The summed E-state index contributed by atoms with van der Waals surface area (Å²) in [6, 6.07) is 6.60. The Labute approximate surface area is 180 Å². The average molecular weight is 414 g/mol. The summed E-state index contributed by atoms with van der Waals surface area (Å²) in [4.78, 5) is 31.4. The number of rotatable bonds is 2. The second-order valence-corrected chi connectivity index (χ2v) is 9.48. The molecule has 0 saturated carbocycles. The summed E-state index contributed by atoms with van der Waals surface area (Å²) in [5, 5.41) is 0. The van der Waals surface area contributed by atoms with E-state index in [1.807, 2.05) is 11.0 Å². The fraction of sp³-hybridized carbons (Fsp3) is 0.667. The molecule has 3 heterocycles. The molecule has 0 aliphatic carbocycles. The highest BCUT2D eigenvalue weighted by molar-refractivity contribution is 5.78. The number of ether oxygens (including phenoxy) is 1. The molecule has 0 aromatic heterocycles. The number of likely N-dealkylation sites (tertiary alicyclic amines) is 2. The van der Waals surface area contributed by atoms with Crippen LogP contribution in [0.2, 0.25) is 0 Å². The standard InChI is InChI=1S/C24H35N3O3/c1-18-7-8-22-21(14-18)15-26(20(3)28)17-24(30-22)9-12-25(13-10-24)16-23(29)27-11-5-4-6-19(27)2/h7-8,14,19H,4-6,9-13,15-17H2,1-3H3. The molecule has 2 saturated heterocycles. The van der Waals surface area contributed by atoms with Crippen LogP contribution >= 0.6 is 0 Å². The Balaban J connectivity index is 1.43. The van der Waals surface area contributed by atoms with Gasteiger partial charge in [-0.3, -0.25) is 14.5 Å². The van der Waals surface area contributed by atoms with Gasteiger partial charge in [0.1, 0.15) is 11.4 Å². The summed E-state index contributed by atoms with van der Waals surface area (Å²) in [6.07, 6.45) is 5.11. The molecule has 0 N–H and O–H groups in total. The minimum absolute atomic E-state index is 0.0871. The van der Waals surface area contributed by atoms with Gasteiger partial charge in [0.2, 0.25) is 11.8 Å². The van der Waals surface area contributed by atoms with Crippen LogP contribution < -0.4 is 4.74 Å². The molecule has 2 amide bonds. The SMILES string of the molecule is CC(=O)N1Cc2cc(C)ccc2OC2(CCN(CC(=O)N3CCCCC3C)CC2)C1. The van der Waals surface area contributed by atoms with Gasteiger partial charge in [-0.15, -0.1) is 0 Å². The Bertz CT molecular complexity index is 801. The Morgan fingerprint density at radius 1 is 1.17 bits per heavy atom. The summed E-state index contributed by atoms with van der Waals surface area (Å²) < 4.78 is 6.59. The second kappa shape index (κ2) is 8.58. The van der Waals surface area contributed by atoms with Crippen LogP contribution in [0.3, 0.4) is 0 Å². The molecular formula is C24H35N3O3. The normalized spacial score (nSPS) is 24.2. The van der Waals surface area contributed by atoms with Crippen LogP contribution in [0, 0.1) is 6.92 Å². The smallest absolute Gasteiger partial charge is 0.236 e. The van der Waals surface area contributed by atoms with Gasteiger partial charge in [0.15, 0.2) is 0 Å². The lowest BCUT2D eigenvalue weighted by Gasteiger charge is -2.43. The first-order valence-electron chi connectivity index (χ1n) is 11.4. The predicted octanol–water partition coefficient (Wildman–Crippen LogP) is 2.97. The molecule has 1 atom stereocenters. The molecule has 30 heavy (non-hydrogen) atoms. The summed E-state index contributed by atoms with van der Waals surface area (Å²) in [5.74, 6) is 1.24. The molecule has 2 fully saturated rings. The summed E-state index contributed by atoms with van der Waals surface area (Å²) in [6.45, 7) is 10.1. The molecule has 0 bridgehead atoms. The largest absolute Gasteiger partial charge is 0.485 e. The van der Waals surface area contributed by atoms with E-state index in [0.717, 1.165) is 56.6 Å². The van der Waals surface area contributed by atoms with Crippen LogP contribution in [0.4, 0.5) is 0 Å². The van der Waals surface area contributed by atoms with Gasteiger partial charge < -0.3 is 14.5 Å². The van der Waals surface area contributed by atoms with E-state index in [4.69, 9.17) is 4.74 Å². The maximum absolute atomic E-state index is 12.8. The first-order chi connectivity index (χ1) is 14.3. The average Bonchev–Trinajstić information content (AvgIpc) is 2.87. The monoisotopic (exact) mass is 413 g/mol. The van der Waals surface area contributed by atoms with Crippen LogP contribution in [-0.4, -0.2) is 70.9 Å². The van der Waals surface area contributed by atoms with Crippen LogP contribution in [0.15, 0.2) is 18.2 Å².